The third-order valence-electron chi connectivity index (χ3n) is 2.96. The summed E-state index contributed by atoms with van der Waals surface area (Å²) in [7, 11) is 1.59. The van der Waals surface area contributed by atoms with Crippen LogP contribution in [-0.2, 0) is 6.54 Å². The number of ether oxygens (including phenoxy) is 1. The number of halogens is 2. The molecule has 1 atom stereocenters. The van der Waals surface area contributed by atoms with E-state index in [4.69, 9.17) is 33.7 Å². The van der Waals surface area contributed by atoms with Gasteiger partial charge in [-0.25, -0.2) is 0 Å². The highest BCUT2D eigenvalue weighted by Gasteiger charge is 2.21. The van der Waals surface area contributed by atoms with Crippen LogP contribution in [0.4, 0.5) is 0 Å². The predicted molar refractivity (Wildman–Crippen MR) is 76.9 cm³/mol. The smallest absolute Gasteiger partial charge is 0.161 e. The first-order chi connectivity index (χ1) is 9.08. The second-order valence-corrected chi connectivity index (χ2v) is 4.90. The number of methoxy groups -OCH3 is 1. The quantitative estimate of drug-likeness (QED) is 0.943. The summed E-state index contributed by atoms with van der Waals surface area (Å²) in [6.07, 6.45) is 1.66. The van der Waals surface area contributed by atoms with Gasteiger partial charge in [-0.3, -0.25) is 4.68 Å². The molecule has 0 amide bonds. The SMILES string of the molecule is CCn1ncc(OC)c1C(N)c1ccc(Cl)cc1Cl. The molecule has 1 unspecified atom stereocenters. The Hall–Kier alpha value is -1.23. The highest BCUT2D eigenvalue weighted by molar-refractivity contribution is 6.35. The van der Waals surface area contributed by atoms with Gasteiger partial charge in [-0.15, -0.1) is 0 Å². The molecule has 0 aliphatic carbocycles. The molecule has 0 bridgehead atoms. The van der Waals surface area contributed by atoms with Crippen LogP contribution in [0.3, 0.4) is 0 Å². The molecule has 0 radical (unpaired) electrons. The number of aryl methyl sites for hydroxylation is 1. The van der Waals surface area contributed by atoms with E-state index in [0.717, 1.165) is 11.3 Å². The van der Waals surface area contributed by atoms with E-state index in [1.807, 2.05) is 13.0 Å². The molecule has 0 fully saturated rings. The highest BCUT2D eigenvalue weighted by Crippen LogP contribution is 2.33. The molecule has 0 spiro atoms. The fourth-order valence-electron chi connectivity index (χ4n) is 2.00. The highest BCUT2D eigenvalue weighted by atomic mass is 35.5. The first-order valence-electron chi connectivity index (χ1n) is 5.88. The van der Waals surface area contributed by atoms with Gasteiger partial charge in [0.1, 0.15) is 5.69 Å². The molecule has 1 heterocycles. The fourth-order valence-corrected chi connectivity index (χ4v) is 2.53. The van der Waals surface area contributed by atoms with Crippen LogP contribution in [-0.4, -0.2) is 16.9 Å². The van der Waals surface area contributed by atoms with Crippen molar-refractivity contribution in [3.8, 4) is 5.75 Å². The Kier molecular flexibility index (Phi) is 4.34. The third-order valence-corrected chi connectivity index (χ3v) is 3.52. The van der Waals surface area contributed by atoms with Crippen LogP contribution in [0.1, 0.15) is 24.2 Å². The molecule has 1 aromatic heterocycles. The van der Waals surface area contributed by atoms with Gasteiger partial charge in [-0.05, 0) is 24.6 Å². The molecule has 0 aliphatic rings. The molecule has 0 saturated carbocycles. The second kappa shape index (κ2) is 5.82. The minimum Gasteiger partial charge on any atom is -0.493 e. The van der Waals surface area contributed by atoms with Crippen molar-refractivity contribution in [2.45, 2.75) is 19.5 Å². The minimum atomic E-state index is -0.415. The Balaban J connectivity index is 2.48. The Labute approximate surface area is 122 Å². The molecule has 4 nitrogen and oxygen atoms in total. The summed E-state index contributed by atoms with van der Waals surface area (Å²) in [6, 6.07) is 4.85. The number of benzene rings is 1. The maximum absolute atomic E-state index is 6.30. The molecule has 2 aromatic rings. The van der Waals surface area contributed by atoms with Crippen molar-refractivity contribution >= 4 is 23.2 Å². The van der Waals surface area contributed by atoms with E-state index in [9.17, 15) is 0 Å². The molecular formula is C13H15Cl2N3O. The molecule has 1 aromatic carbocycles. The van der Waals surface area contributed by atoms with Crippen molar-refractivity contribution in [1.82, 2.24) is 9.78 Å². The third kappa shape index (κ3) is 2.71. The molecule has 0 aliphatic heterocycles. The van der Waals surface area contributed by atoms with E-state index in [1.54, 1.807) is 30.1 Å². The van der Waals surface area contributed by atoms with Crippen LogP contribution in [0, 0.1) is 0 Å². The maximum Gasteiger partial charge on any atom is 0.161 e. The lowest BCUT2D eigenvalue weighted by Crippen LogP contribution is -2.18. The first kappa shape index (κ1) is 14.2. The van der Waals surface area contributed by atoms with E-state index in [2.05, 4.69) is 5.10 Å². The number of hydrogen-bond acceptors (Lipinski definition) is 3. The molecule has 2 N–H and O–H groups in total. The molecule has 102 valence electrons. The van der Waals surface area contributed by atoms with Gasteiger partial charge in [0, 0.05) is 16.6 Å². The van der Waals surface area contributed by atoms with Gasteiger partial charge in [0.05, 0.1) is 19.3 Å². The molecule has 6 heteroatoms. The van der Waals surface area contributed by atoms with Crippen molar-refractivity contribution in [2.75, 3.05) is 7.11 Å². The maximum atomic E-state index is 6.30. The summed E-state index contributed by atoms with van der Waals surface area (Å²) in [5.74, 6) is 0.653. The number of aromatic nitrogens is 2. The lowest BCUT2D eigenvalue weighted by molar-refractivity contribution is 0.404. The second-order valence-electron chi connectivity index (χ2n) is 4.06. The summed E-state index contributed by atoms with van der Waals surface area (Å²) in [5.41, 5.74) is 7.89. The van der Waals surface area contributed by atoms with Gasteiger partial charge >= 0.3 is 0 Å². The van der Waals surface area contributed by atoms with Gasteiger partial charge in [0.15, 0.2) is 5.75 Å². The first-order valence-corrected chi connectivity index (χ1v) is 6.64. The van der Waals surface area contributed by atoms with Gasteiger partial charge in [0.2, 0.25) is 0 Å². The van der Waals surface area contributed by atoms with Crippen molar-refractivity contribution < 1.29 is 4.74 Å². The lowest BCUT2D eigenvalue weighted by atomic mass is 10.0. The summed E-state index contributed by atoms with van der Waals surface area (Å²) >= 11 is 12.1. The number of rotatable bonds is 4. The zero-order chi connectivity index (χ0) is 14.0. The summed E-state index contributed by atoms with van der Waals surface area (Å²) in [4.78, 5) is 0. The van der Waals surface area contributed by atoms with E-state index in [0.29, 0.717) is 22.3 Å². The van der Waals surface area contributed by atoms with Gasteiger partial charge < -0.3 is 10.5 Å². The van der Waals surface area contributed by atoms with Crippen LogP contribution in [0.5, 0.6) is 5.75 Å². The monoisotopic (exact) mass is 299 g/mol. The van der Waals surface area contributed by atoms with Crippen LogP contribution in [0.25, 0.3) is 0 Å². The summed E-state index contributed by atoms with van der Waals surface area (Å²) in [5, 5.41) is 5.36. The zero-order valence-corrected chi connectivity index (χ0v) is 12.2. The number of hydrogen-bond donors (Lipinski definition) is 1. The van der Waals surface area contributed by atoms with Crippen molar-refractivity contribution in [2.24, 2.45) is 5.73 Å². The largest absolute Gasteiger partial charge is 0.493 e. The van der Waals surface area contributed by atoms with E-state index in [-0.39, 0.29) is 0 Å². The fraction of sp³-hybridized carbons (Fsp3) is 0.308. The normalized spacial score (nSPS) is 12.5. The van der Waals surface area contributed by atoms with Crippen LogP contribution in [0.15, 0.2) is 24.4 Å². The Morgan fingerprint density at radius 3 is 2.74 bits per heavy atom. The van der Waals surface area contributed by atoms with Gasteiger partial charge in [-0.2, -0.15) is 5.10 Å². The topological polar surface area (TPSA) is 53.1 Å². The number of nitrogens with zero attached hydrogens (tertiary/aromatic N) is 2. The van der Waals surface area contributed by atoms with E-state index in [1.165, 1.54) is 0 Å². The van der Waals surface area contributed by atoms with Crippen LogP contribution in [0.2, 0.25) is 10.0 Å². The lowest BCUT2D eigenvalue weighted by Gasteiger charge is -2.17. The van der Waals surface area contributed by atoms with Crippen molar-refractivity contribution in [1.29, 1.82) is 0 Å². The number of nitrogens with two attached hydrogens (primary N) is 1. The average Bonchev–Trinajstić information content (AvgIpc) is 2.80. The Morgan fingerprint density at radius 2 is 2.16 bits per heavy atom. The average molecular weight is 300 g/mol. The van der Waals surface area contributed by atoms with E-state index < -0.39 is 6.04 Å². The Morgan fingerprint density at radius 1 is 1.42 bits per heavy atom. The molecule has 2 rings (SSSR count). The summed E-state index contributed by atoms with van der Waals surface area (Å²) in [6.45, 7) is 2.70. The van der Waals surface area contributed by atoms with Crippen LogP contribution >= 0.6 is 23.2 Å². The Bertz CT molecular complexity index is 562. The van der Waals surface area contributed by atoms with Crippen LogP contribution < -0.4 is 10.5 Å². The zero-order valence-electron chi connectivity index (χ0n) is 10.7. The standard InChI is InChI=1S/C13H15Cl2N3O/c1-3-18-13(11(19-2)7-17-18)12(16)9-5-4-8(14)6-10(9)15/h4-7,12H,3,16H2,1-2H3. The molecular weight excluding hydrogens is 285 g/mol. The summed E-state index contributed by atoms with van der Waals surface area (Å²) < 4.78 is 7.10. The van der Waals surface area contributed by atoms with Crippen molar-refractivity contribution in [3.05, 3.63) is 45.7 Å². The van der Waals surface area contributed by atoms with Crippen molar-refractivity contribution in [3.63, 3.8) is 0 Å². The van der Waals surface area contributed by atoms with Gasteiger partial charge in [0.25, 0.3) is 0 Å². The molecule has 19 heavy (non-hydrogen) atoms. The van der Waals surface area contributed by atoms with E-state index >= 15 is 0 Å². The minimum absolute atomic E-state index is 0.415. The molecule has 0 saturated heterocycles. The van der Waals surface area contributed by atoms with Gasteiger partial charge in [-0.1, -0.05) is 29.3 Å². The predicted octanol–water partition coefficient (Wildman–Crippen LogP) is 3.27.